The van der Waals surface area contributed by atoms with Crippen LogP contribution in [-0.4, -0.2) is 51.1 Å². The normalized spacial score (nSPS) is 13.5. The van der Waals surface area contributed by atoms with Gasteiger partial charge in [-0.15, -0.1) is 0 Å². The number of nitrogens with two attached hydrogens (primary N) is 1. The van der Waals surface area contributed by atoms with Crippen LogP contribution in [0.4, 0.5) is 5.69 Å². The molecule has 0 aromatic heterocycles. The van der Waals surface area contributed by atoms with Crippen LogP contribution < -0.4 is 15.2 Å². The molecular formula is C20H22N2O6S. The number of nitrogen functional groups attached to an aromatic ring is 1. The van der Waals surface area contributed by atoms with Gasteiger partial charge in [0.15, 0.2) is 21.3 Å². The Morgan fingerprint density at radius 1 is 1.07 bits per heavy atom. The van der Waals surface area contributed by atoms with Gasteiger partial charge in [0, 0.05) is 12.2 Å². The largest absolute Gasteiger partial charge is 0.493 e. The number of benzene rings is 2. The Morgan fingerprint density at radius 2 is 1.83 bits per heavy atom. The molecule has 2 aromatic carbocycles. The molecule has 9 heteroatoms. The first-order valence-electron chi connectivity index (χ1n) is 9.02. The lowest BCUT2D eigenvalue weighted by molar-refractivity contribution is 0.0664. The van der Waals surface area contributed by atoms with Gasteiger partial charge < -0.3 is 15.2 Å². The van der Waals surface area contributed by atoms with E-state index < -0.39 is 21.7 Å². The average Bonchev–Trinajstić information content (AvgIpc) is 2.92. The van der Waals surface area contributed by atoms with E-state index in [9.17, 15) is 18.0 Å². The van der Waals surface area contributed by atoms with Crippen molar-refractivity contribution in [3.05, 3.63) is 53.1 Å². The number of amides is 2. The second-order valence-electron chi connectivity index (χ2n) is 6.54. The van der Waals surface area contributed by atoms with Crippen molar-refractivity contribution in [1.29, 1.82) is 0 Å². The first kappa shape index (κ1) is 20.7. The molecule has 2 aromatic rings. The smallest absolute Gasteiger partial charge is 0.263 e. The highest BCUT2D eigenvalue weighted by Gasteiger charge is 2.37. The molecule has 0 atom stereocenters. The summed E-state index contributed by atoms with van der Waals surface area (Å²) < 4.78 is 35.8. The van der Waals surface area contributed by atoms with Crippen molar-refractivity contribution in [2.24, 2.45) is 0 Å². The number of anilines is 1. The number of fused-ring (bicyclic) bond motifs is 1. The SMILES string of the molecule is CCOc1cc(CS(=O)(=O)CCN2C(=O)c3cccc(N)c3C2=O)ccc1OC. The first-order chi connectivity index (χ1) is 13.8. The van der Waals surface area contributed by atoms with E-state index in [-0.39, 0.29) is 34.9 Å². The Bertz CT molecular complexity index is 1060. The zero-order valence-corrected chi connectivity index (χ0v) is 17.0. The molecule has 0 fully saturated rings. The van der Waals surface area contributed by atoms with Crippen LogP contribution in [0.1, 0.15) is 33.2 Å². The molecule has 0 unspecified atom stereocenters. The molecule has 0 bridgehead atoms. The summed E-state index contributed by atoms with van der Waals surface area (Å²) >= 11 is 0. The van der Waals surface area contributed by atoms with Crippen LogP contribution in [0, 0.1) is 0 Å². The van der Waals surface area contributed by atoms with E-state index in [0.717, 1.165) is 4.90 Å². The van der Waals surface area contributed by atoms with Crippen molar-refractivity contribution in [3.63, 3.8) is 0 Å². The summed E-state index contributed by atoms with van der Waals surface area (Å²) in [6, 6.07) is 9.52. The van der Waals surface area contributed by atoms with Crippen molar-refractivity contribution in [2.75, 3.05) is 31.7 Å². The Labute approximate surface area is 169 Å². The molecule has 2 N–H and O–H groups in total. The zero-order chi connectivity index (χ0) is 21.2. The summed E-state index contributed by atoms with van der Waals surface area (Å²) in [5.74, 6) is -0.733. The van der Waals surface area contributed by atoms with Gasteiger partial charge in [-0.25, -0.2) is 8.42 Å². The maximum Gasteiger partial charge on any atom is 0.263 e. The molecule has 0 saturated carbocycles. The van der Waals surface area contributed by atoms with E-state index in [1.807, 2.05) is 6.92 Å². The highest BCUT2D eigenvalue weighted by atomic mass is 32.2. The van der Waals surface area contributed by atoms with Gasteiger partial charge in [-0.1, -0.05) is 12.1 Å². The van der Waals surface area contributed by atoms with Crippen LogP contribution in [0.25, 0.3) is 0 Å². The fourth-order valence-electron chi connectivity index (χ4n) is 3.20. The maximum atomic E-state index is 12.6. The number of nitrogens with zero attached hydrogens (tertiary/aromatic N) is 1. The summed E-state index contributed by atoms with van der Waals surface area (Å²) in [5.41, 5.74) is 6.85. The van der Waals surface area contributed by atoms with Crippen LogP contribution in [0.15, 0.2) is 36.4 Å². The lowest BCUT2D eigenvalue weighted by Crippen LogP contribution is -2.34. The highest BCUT2D eigenvalue weighted by molar-refractivity contribution is 7.90. The van der Waals surface area contributed by atoms with Crippen molar-refractivity contribution in [3.8, 4) is 11.5 Å². The number of hydrogen-bond acceptors (Lipinski definition) is 7. The van der Waals surface area contributed by atoms with Crippen molar-refractivity contribution in [1.82, 2.24) is 4.90 Å². The minimum absolute atomic E-state index is 0.131. The molecule has 0 saturated heterocycles. The summed E-state index contributed by atoms with van der Waals surface area (Å²) in [6.07, 6.45) is 0. The number of hydrogen-bond donors (Lipinski definition) is 1. The number of ether oxygens (including phenoxy) is 2. The molecular weight excluding hydrogens is 396 g/mol. The number of carbonyl (C=O) groups excluding carboxylic acids is 2. The minimum atomic E-state index is -3.59. The molecule has 0 radical (unpaired) electrons. The van der Waals surface area contributed by atoms with Gasteiger partial charge in [-0.3, -0.25) is 14.5 Å². The number of sulfone groups is 1. The molecule has 0 aliphatic carbocycles. The fourth-order valence-corrected chi connectivity index (χ4v) is 4.49. The predicted molar refractivity (Wildman–Crippen MR) is 108 cm³/mol. The number of carbonyl (C=O) groups is 2. The molecule has 154 valence electrons. The Morgan fingerprint density at radius 3 is 2.48 bits per heavy atom. The second-order valence-corrected chi connectivity index (χ2v) is 8.73. The van der Waals surface area contributed by atoms with E-state index in [2.05, 4.69) is 0 Å². The topological polar surface area (TPSA) is 116 Å². The number of methoxy groups -OCH3 is 1. The molecule has 8 nitrogen and oxygen atoms in total. The second kappa shape index (κ2) is 8.12. The summed E-state index contributed by atoms with van der Waals surface area (Å²) in [5, 5.41) is 0. The monoisotopic (exact) mass is 418 g/mol. The summed E-state index contributed by atoms with van der Waals surface area (Å²) in [4.78, 5) is 25.9. The molecule has 1 aliphatic rings. The highest BCUT2D eigenvalue weighted by Crippen LogP contribution is 2.29. The standard InChI is InChI=1S/C20H22N2O6S/c1-3-28-17-11-13(7-8-16(17)27-2)12-29(25,26)10-9-22-19(23)14-5-4-6-15(21)18(14)20(22)24/h4-8,11H,3,9-10,12,21H2,1-2H3. The Balaban J connectivity index is 1.71. The van der Waals surface area contributed by atoms with Crippen LogP contribution in [0.2, 0.25) is 0 Å². The molecule has 2 amide bonds. The maximum absolute atomic E-state index is 12.6. The van der Waals surface area contributed by atoms with Gasteiger partial charge in [0.1, 0.15) is 0 Å². The van der Waals surface area contributed by atoms with Gasteiger partial charge >= 0.3 is 0 Å². The molecule has 29 heavy (non-hydrogen) atoms. The third-order valence-electron chi connectivity index (χ3n) is 4.57. The van der Waals surface area contributed by atoms with Crippen LogP contribution in [0.3, 0.4) is 0 Å². The Kier molecular flexibility index (Phi) is 5.78. The van der Waals surface area contributed by atoms with Gasteiger partial charge in [0.25, 0.3) is 11.8 Å². The zero-order valence-electron chi connectivity index (χ0n) is 16.2. The molecule has 3 rings (SSSR count). The Hall–Kier alpha value is -3.07. The lowest BCUT2D eigenvalue weighted by Gasteiger charge is -2.15. The van der Waals surface area contributed by atoms with Crippen LogP contribution in [0.5, 0.6) is 11.5 Å². The van der Waals surface area contributed by atoms with E-state index in [1.54, 1.807) is 24.3 Å². The number of imide groups is 1. The van der Waals surface area contributed by atoms with Crippen molar-refractivity contribution in [2.45, 2.75) is 12.7 Å². The van der Waals surface area contributed by atoms with Crippen molar-refractivity contribution < 1.29 is 27.5 Å². The third-order valence-corrected chi connectivity index (χ3v) is 6.15. The molecule has 1 heterocycles. The van der Waals surface area contributed by atoms with E-state index in [1.165, 1.54) is 19.2 Å². The van der Waals surface area contributed by atoms with Crippen molar-refractivity contribution >= 4 is 27.3 Å². The molecule has 1 aliphatic heterocycles. The summed E-state index contributed by atoms with van der Waals surface area (Å²) in [7, 11) is -2.09. The average molecular weight is 418 g/mol. The molecule has 0 spiro atoms. The lowest BCUT2D eigenvalue weighted by atomic mass is 10.1. The first-order valence-corrected chi connectivity index (χ1v) is 10.8. The van der Waals surface area contributed by atoms with Gasteiger partial charge in [0.05, 0.1) is 36.3 Å². The fraction of sp³-hybridized carbons (Fsp3) is 0.300. The van der Waals surface area contributed by atoms with E-state index >= 15 is 0 Å². The third kappa shape index (κ3) is 4.19. The van der Waals surface area contributed by atoms with E-state index in [4.69, 9.17) is 15.2 Å². The number of rotatable bonds is 8. The predicted octanol–water partition coefficient (Wildman–Crippen LogP) is 1.89. The quantitative estimate of drug-likeness (QED) is 0.514. The van der Waals surface area contributed by atoms with Crippen LogP contribution >= 0.6 is 0 Å². The summed E-state index contributed by atoms with van der Waals surface area (Å²) in [6.45, 7) is 2.00. The van der Waals surface area contributed by atoms with Gasteiger partial charge in [-0.05, 0) is 36.8 Å². The van der Waals surface area contributed by atoms with Crippen LogP contribution in [-0.2, 0) is 15.6 Å². The van der Waals surface area contributed by atoms with Gasteiger partial charge in [0.2, 0.25) is 0 Å². The minimum Gasteiger partial charge on any atom is -0.493 e. The van der Waals surface area contributed by atoms with E-state index in [0.29, 0.717) is 23.7 Å². The van der Waals surface area contributed by atoms with Gasteiger partial charge in [-0.2, -0.15) is 0 Å².